The number of ether oxygens (including phenoxy) is 1. The van der Waals surface area contributed by atoms with E-state index in [-0.39, 0.29) is 17.6 Å². The van der Waals surface area contributed by atoms with Crippen molar-refractivity contribution in [3.8, 4) is 5.75 Å². The van der Waals surface area contributed by atoms with Crippen molar-refractivity contribution in [2.75, 3.05) is 23.6 Å². The maximum atomic E-state index is 12.9. The van der Waals surface area contributed by atoms with Crippen molar-refractivity contribution in [1.82, 2.24) is 4.90 Å². The second kappa shape index (κ2) is 8.93. The number of amides is 2. The molecule has 3 rings (SSSR count). The molecule has 0 spiro atoms. The van der Waals surface area contributed by atoms with E-state index in [4.69, 9.17) is 4.74 Å². The number of benzene rings is 2. The summed E-state index contributed by atoms with van der Waals surface area (Å²) in [7, 11) is 0. The predicted octanol–water partition coefficient (Wildman–Crippen LogP) is 3.44. The first-order valence-electron chi connectivity index (χ1n) is 9.03. The van der Waals surface area contributed by atoms with Gasteiger partial charge in [0.15, 0.2) is 5.78 Å². The quantitative estimate of drug-likeness (QED) is 0.755. The lowest BCUT2D eigenvalue weighted by Gasteiger charge is -2.23. The Hall–Kier alpha value is -2.80. The SMILES string of the molecule is CCOc1ccc(C(=O)N2CSCC2C(=O)Nc2cccc(C(C)=O)c2)cc1. The highest BCUT2D eigenvalue weighted by Crippen LogP contribution is 2.25. The van der Waals surface area contributed by atoms with Crippen LogP contribution in [0.3, 0.4) is 0 Å². The summed E-state index contributed by atoms with van der Waals surface area (Å²) in [6.07, 6.45) is 0. The highest BCUT2D eigenvalue weighted by Gasteiger charge is 2.35. The second-order valence-corrected chi connectivity index (χ2v) is 7.37. The Balaban J connectivity index is 1.71. The molecular formula is C21H22N2O4S. The lowest BCUT2D eigenvalue weighted by Crippen LogP contribution is -2.44. The number of Topliss-reactive ketones (excluding diaryl/α,β-unsaturated/α-hetero) is 1. The van der Waals surface area contributed by atoms with Gasteiger partial charge in [0.1, 0.15) is 11.8 Å². The molecule has 1 fully saturated rings. The minimum atomic E-state index is -0.565. The summed E-state index contributed by atoms with van der Waals surface area (Å²) in [5.74, 6) is 1.17. The van der Waals surface area contributed by atoms with Gasteiger partial charge in [0, 0.05) is 22.6 Å². The number of hydrogen-bond donors (Lipinski definition) is 1. The Morgan fingerprint density at radius 1 is 1.14 bits per heavy atom. The Bertz CT molecular complexity index is 882. The second-order valence-electron chi connectivity index (χ2n) is 6.37. The fourth-order valence-electron chi connectivity index (χ4n) is 2.93. The maximum absolute atomic E-state index is 12.9. The molecule has 1 aliphatic rings. The van der Waals surface area contributed by atoms with Crippen molar-refractivity contribution in [3.63, 3.8) is 0 Å². The number of ketones is 1. The standard InChI is InChI=1S/C21H22N2O4S/c1-3-27-18-9-7-15(8-10-18)21(26)23-13-28-12-19(23)20(25)22-17-6-4-5-16(11-17)14(2)24/h4-11,19H,3,12-13H2,1-2H3,(H,22,25). The highest BCUT2D eigenvalue weighted by molar-refractivity contribution is 7.99. The molecule has 2 aromatic carbocycles. The molecule has 1 atom stereocenters. The van der Waals surface area contributed by atoms with Gasteiger partial charge in [-0.05, 0) is 50.2 Å². The number of nitrogens with zero attached hydrogens (tertiary/aromatic N) is 1. The number of thioether (sulfide) groups is 1. The third-order valence-electron chi connectivity index (χ3n) is 4.39. The van der Waals surface area contributed by atoms with Gasteiger partial charge in [-0.3, -0.25) is 14.4 Å². The van der Waals surface area contributed by atoms with Crippen LogP contribution >= 0.6 is 11.8 Å². The van der Waals surface area contributed by atoms with E-state index in [1.54, 1.807) is 53.4 Å². The summed E-state index contributed by atoms with van der Waals surface area (Å²) < 4.78 is 5.40. The van der Waals surface area contributed by atoms with Gasteiger partial charge in [-0.2, -0.15) is 0 Å². The molecule has 28 heavy (non-hydrogen) atoms. The van der Waals surface area contributed by atoms with Crippen molar-refractivity contribution in [2.24, 2.45) is 0 Å². The molecule has 1 N–H and O–H groups in total. The van der Waals surface area contributed by atoms with E-state index in [0.717, 1.165) is 0 Å². The number of rotatable bonds is 6. The summed E-state index contributed by atoms with van der Waals surface area (Å²) >= 11 is 1.54. The molecule has 0 saturated carbocycles. The van der Waals surface area contributed by atoms with Gasteiger partial charge in [0.25, 0.3) is 5.91 Å². The lowest BCUT2D eigenvalue weighted by molar-refractivity contribution is -0.119. The van der Waals surface area contributed by atoms with Crippen molar-refractivity contribution < 1.29 is 19.1 Å². The maximum Gasteiger partial charge on any atom is 0.255 e. The third-order valence-corrected chi connectivity index (χ3v) is 5.41. The first-order chi connectivity index (χ1) is 13.5. The first kappa shape index (κ1) is 19.9. The molecule has 1 aliphatic heterocycles. The Labute approximate surface area is 168 Å². The largest absolute Gasteiger partial charge is 0.494 e. The minimum Gasteiger partial charge on any atom is -0.494 e. The smallest absolute Gasteiger partial charge is 0.255 e. The van der Waals surface area contributed by atoms with Crippen LogP contribution in [-0.2, 0) is 4.79 Å². The van der Waals surface area contributed by atoms with Gasteiger partial charge in [-0.15, -0.1) is 11.8 Å². The monoisotopic (exact) mass is 398 g/mol. The number of nitrogens with one attached hydrogen (secondary N) is 1. The molecule has 146 valence electrons. The third kappa shape index (κ3) is 4.54. The molecule has 6 nitrogen and oxygen atoms in total. The van der Waals surface area contributed by atoms with E-state index in [1.165, 1.54) is 18.7 Å². The van der Waals surface area contributed by atoms with Crippen molar-refractivity contribution in [3.05, 3.63) is 59.7 Å². The van der Waals surface area contributed by atoms with Gasteiger partial charge >= 0.3 is 0 Å². The van der Waals surface area contributed by atoms with E-state index < -0.39 is 6.04 Å². The molecule has 0 bridgehead atoms. The van der Waals surface area contributed by atoms with Crippen LogP contribution in [0, 0.1) is 0 Å². The van der Waals surface area contributed by atoms with Gasteiger partial charge in [0.05, 0.1) is 12.5 Å². The average Bonchev–Trinajstić information content (AvgIpc) is 3.18. The molecule has 1 heterocycles. The molecular weight excluding hydrogens is 376 g/mol. The highest BCUT2D eigenvalue weighted by atomic mass is 32.2. The predicted molar refractivity (Wildman–Crippen MR) is 110 cm³/mol. The van der Waals surface area contributed by atoms with E-state index in [0.29, 0.717) is 40.8 Å². The number of hydrogen-bond acceptors (Lipinski definition) is 5. The molecule has 1 unspecified atom stereocenters. The van der Waals surface area contributed by atoms with Crippen LogP contribution in [0.4, 0.5) is 5.69 Å². The van der Waals surface area contributed by atoms with Crippen LogP contribution in [0.2, 0.25) is 0 Å². The van der Waals surface area contributed by atoms with E-state index >= 15 is 0 Å². The topological polar surface area (TPSA) is 75.7 Å². The molecule has 0 radical (unpaired) electrons. The fraction of sp³-hybridized carbons (Fsp3) is 0.286. The van der Waals surface area contributed by atoms with Crippen molar-refractivity contribution in [2.45, 2.75) is 19.9 Å². The summed E-state index contributed by atoms with van der Waals surface area (Å²) in [4.78, 5) is 38.7. The zero-order chi connectivity index (χ0) is 20.1. The molecule has 2 amide bonds. The minimum absolute atomic E-state index is 0.0696. The Kier molecular flexibility index (Phi) is 6.36. The van der Waals surface area contributed by atoms with E-state index in [1.807, 2.05) is 6.92 Å². The number of carbonyl (C=O) groups is 3. The van der Waals surface area contributed by atoms with Crippen molar-refractivity contribution >= 4 is 35.0 Å². The normalized spacial score (nSPS) is 15.9. The molecule has 7 heteroatoms. The van der Waals surface area contributed by atoms with Crippen LogP contribution in [0.5, 0.6) is 5.75 Å². The van der Waals surface area contributed by atoms with Crippen LogP contribution in [0.15, 0.2) is 48.5 Å². The van der Waals surface area contributed by atoms with Gasteiger partial charge in [0.2, 0.25) is 5.91 Å². The van der Waals surface area contributed by atoms with Gasteiger partial charge in [-0.25, -0.2) is 0 Å². The van der Waals surface area contributed by atoms with Crippen LogP contribution in [0.25, 0.3) is 0 Å². The van der Waals surface area contributed by atoms with Crippen LogP contribution in [-0.4, -0.2) is 46.8 Å². The van der Waals surface area contributed by atoms with Crippen LogP contribution < -0.4 is 10.1 Å². The van der Waals surface area contributed by atoms with Gasteiger partial charge < -0.3 is 15.0 Å². The fourth-order valence-corrected chi connectivity index (χ4v) is 4.08. The average molecular weight is 398 g/mol. The van der Waals surface area contributed by atoms with Gasteiger partial charge in [-0.1, -0.05) is 12.1 Å². The number of anilines is 1. The van der Waals surface area contributed by atoms with E-state index in [2.05, 4.69) is 5.32 Å². The molecule has 0 aromatic heterocycles. The summed E-state index contributed by atoms with van der Waals surface area (Å²) in [6, 6.07) is 13.1. The summed E-state index contributed by atoms with van der Waals surface area (Å²) in [6.45, 7) is 3.94. The number of carbonyl (C=O) groups excluding carboxylic acids is 3. The molecule has 2 aromatic rings. The molecule has 1 saturated heterocycles. The van der Waals surface area contributed by atoms with E-state index in [9.17, 15) is 14.4 Å². The Morgan fingerprint density at radius 3 is 2.57 bits per heavy atom. The Morgan fingerprint density at radius 2 is 1.89 bits per heavy atom. The summed E-state index contributed by atoms with van der Waals surface area (Å²) in [5.41, 5.74) is 1.59. The molecule has 0 aliphatic carbocycles. The van der Waals surface area contributed by atoms with Crippen LogP contribution in [0.1, 0.15) is 34.6 Å². The summed E-state index contributed by atoms with van der Waals surface area (Å²) in [5, 5.41) is 2.82. The first-order valence-corrected chi connectivity index (χ1v) is 10.2. The zero-order valence-corrected chi connectivity index (χ0v) is 16.6. The van der Waals surface area contributed by atoms with Crippen molar-refractivity contribution in [1.29, 1.82) is 0 Å². The lowest BCUT2D eigenvalue weighted by atomic mass is 10.1. The zero-order valence-electron chi connectivity index (χ0n) is 15.8.